The smallest absolute Gasteiger partial charge is 0.338 e. The van der Waals surface area contributed by atoms with Gasteiger partial charge in [-0.25, -0.2) is 21.6 Å². The lowest BCUT2D eigenvalue weighted by molar-refractivity contribution is -0.134. The highest BCUT2D eigenvalue weighted by Gasteiger charge is 2.33. The Hall–Kier alpha value is -3.32. The number of ether oxygens (including phenoxy) is 3. The highest BCUT2D eigenvalue weighted by molar-refractivity contribution is 7.92. The van der Waals surface area contributed by atoms with Gasteiger partial charge in [0.25, 0.3) is 15.9 Å². The third kappa shape index (κ3) is 5.85. The lowest BCUT2D eigenvalue weighted by Crippen LogP contribution is -2.40. The first-order valence-electron chi connectivity index (χ1n) is 10.7. The summed E-state index contributed by atoms with van der Waals surface area (Å²) < 4.78 is 66.9. The number of anilines is 1. The van der Waals surface area contributed by atoms with E-state index in [9.17, 15) is 26.4 Å². The number of esters is 1. The standard InChI is InChI=1S/C22H24N2O9S2/c1-24(17-8-11-34(27,28)14-17)21(25)13-33-22(26)15-2-4-16(5-3-15)23-35(29,30)18-6-7-19-20(12-18)32-10-9-31-19/h2-7,12,17,23H,8-11,13-14H2,1H3. The molecule has 2 heterocycles. The normalized spacial score (nSPS) is 18.5. The Balaban J connectivity index is 1.33. The van der Waals surface area contributed by atoms with Crippen LogP contribution in [0.25, 0.3) is 0 Å². The summed E-state index contributed by atoms with van der Waals surface area (Å²) in [6.45, 7) is 0.179. The third-order valence-electron chi connectivity index (χ3n) is 5.67. The Morgan fingerprint density at radius 3 is 2.43 bits per heavy atom. The average molecular weight is 525 g/mol. The number of amides is 1. The summed E-state index contributed by atoms with van der Waals surface area (Å²) in [4.78, 5) is 25.8. The summed E-state index contributed by atoms with van der Waals surface area (Å²) in [5.41, 5.74) is 0.334. The monoisotopic (exact) mass is 524 g/mol. The fourth-order valence-electron chi connectivity index (χ4n) is 3.68. The molecule has 11 nitrogen and oxygen atoms in total. The highest BCUT2D eigenvalue weighted by atomic mass is 32.2. The summed E-state index contributed by atoms with van der Waals surface area (Å²) >= 11 is 0. The van der Waals surface area contributed by atoms with E-state index in [0.29, 0.717) is 31.1 Å². The second-order valence-electron chi connectivity index (χ2n) is 8.13. The SMILES string of the molecule is CN(C(=O)COC(=O)c1ccc(NS(=O)(=O)c2ccc3c(c2)OCCO3)cc1)C1CCS(=O)(=O)C1. The van der Waals surface area contributed by atoms with Crippen molar-refractivity contribution in [2.24, 2.45) is 0 Å². The number of fused-ring (bicyclic) bond motifs is 1. The van der Waals surface area contributed by atoms with E-state index in [1.807, 2.05) is 0 Å². The van der Waals surface area contributed by atoms with E-state index in [1.54, 1.807) is 0 Å². The van der Waals surface area contributed by atoms with Crippen molar-refractivity contribution in [1.82, 2.24) is 4.90 Å². The second-order valence-corrected chi connectivity index (χ2v) is 12.0. The maximum absolute atomic E-state index is 12.7. The second kappa shape index (κ2) is 9.74. The number of nitrogens with zero attached hydrogens (tertiary/aromatic N) is 1. The van der Waals surface area contributed by atoms with Gasteiger partial charge in [0.1, 0.15) is 13.2 Å². The zero-order chi connectivity index (χ0) is 25.2. The number of hydrogen-bond acceptors (Lipinski definition) is 9. The fourth-order valence-corrected chi connectivity index (χ4v) is 6.52. The number of carbonyl (C=O) groups is 2. The molecule has 13 heteroatoms. The third-order valence-corrected chi connectivity index (χ3v) is 8.80. The molecular formula is C22H24N2O9S2. The number of carbonyl (C=O) groups excluding carboxylic acids is 2. The van der Waals surface area contributed by atoms with Crippen LogP contribution in [0.2, 0.25) is 0 Å². The molecule has 188 valence electrons. The van der Waals surface area contributed by atoms with Gasteiger partial charge in [-0.05, 0) is 42.8 Å². The fraction of sp³-hybridized carbons (Fsp3) is 0.364. The first kappa shape index (κ1) is 24.8. The number of nitrogens with one attached hydrogen (secondary N) is 1. The molecule has 1 saturated heterocycles. The van der Waals surface area contributed by atoms with Gasteiger partial charge in [-0.3, -0.25) is 9.52 Å². The summed E-state index contributed by atoms with van der Waals surface area (Å²) in [5.74, 6) is -0.550. The summed E-state index contributed by atoms with van der Waals surface area (Å²) in [6, 6.07) is 9.37. The topological polar surface area (TPSA) is 145 Å². The van der Waals surface area contributed by atoms with E-state index in [1.165, 1.54) is 54.4 Å². The molecule has 2 aromatic carbocycles. The van der Waals surface area contributed by atoms with Crippen LogP contribution in [0.5, 0.6) is 11.5 Å². The van der Waals surface area contributed by atoms with Crippen molar-refractivity contribution in [3.63, 3.8) is 0 Å². The van der Waals surface area contributed by atoms with Crippen molar-refractivity contribution in [2.75, 3.05) is 43.1 Å². The van der Waals surface area contributed by atoms with Gasteiger partial charge in [0.05, 0.1) is 22.0 Å². The lowest BCUT2D eigenvalue weighted by Gasteiger charge is -2.23. The molecule has 0 bridgehead atoms. The Kier molecular flexibility index (Phi) is 6.90. The molecule has 4 rings (SSSR count). The number of sulfonamides is 1. The first-order chi connectivity index (χ1) is 16.5. The summed E-state index contributed by atoms with van der Waals surface area (Å²) in [5, 5.41) is 0. The van der Waals surface area contributed by atoms with Crippen LogP contribution in [-0.4, -0.2) is 78.0 Å². The van der Waals surface area contributed by atoms with Gasteiger partial charge in [0.2, 0.25) is 0 Å². The van der Waals surface area contributed by atoms with Crippen LogP contribution in [0.3, 0.4) is 0 Å². The Morgan fingerprint density at radius 1 is 1.09 bits per heavy atom. The number of likely N-dealkylation sites (N-methyl/N-ethyl adjacent to an activating group) is 1. The van der Waals surface area contributed by atoms with Crippen molar-refractivity contribution in [3.05, 3.63) is 48.0 Å². The zero-order valence-corrected chi connectivity index (χ0v) is 20.4. The van der Waals surface area contributed by atoms with Crippen molar-refractivity contribution in [2.45, 2.75) is 17.4 Å². The number of rotatable bonds is 7. The minimum absolute atomic E-state index is 0.0112. The Bertz CT molecular complexity index is 1340. The van der Waals surface area contributed by atoms with Gasteiger partial charge in [-0.1, -0.05) is 0 Å². The molecule has 0 radical (unpaired) electrons. The molecule has 35 heavy (non-hydrogen) atoms. The zero-order valence-electron chi connectivity index (χ0n) is 18.8. The maximum atomic E-state index is 12.7. The van der Waals surface area contributed by atoms with Crippen molar-refractivity contribution >= 4 is 37.4 Å². The molecule has 2 aromatic rings. The largest absolute Gasteiger partial charge is 0.486 e. The van der Waals surface area contributed by atoms with Gasteiger partial charge in [-0.15, -0.1) is 0 Å². The molecule has 0 aromatic heterocycles. The minimum atomic E-state index is -3.92. The van der Waals surface area contributed by atoms with Crippen molar-refractivity contribution < 1.29 is 40.6 Å². The van der Waals surface area contributed by atoms with Crippen molar-refractivity contribution in [3.8, 4) is 11.5 Å². The average Bonchev–Trinajstić information content (AvgIpc) is 3.21. The molecule has 0 saturated carbocycles. The van der Waals surface area contributed by atoms with Crippen LogP contribution in [0.1, 0.15) is 16.8 Å². The number of hydrogen-bond donors (Lipinski definition) is 1. The van der Waals surface area contributed by atoms with Gasteiger partial charge in [0, 0.05) is 24.8 Å². The Labute approximate surface area is 202 Å². The first-order valence-corrected chi connectivity index (χ1v) is 14.0. The van der Waals surface area contributed by atoms with Gasteiger partial charge in [0.15, 0.2) is 27.9 Å². The maximum Gasteiger partial charge on any atom is 0.338 e. The van der Waals surface area contributed by atoms with Crippen molar-refractivity contribution in [1.29, 1.82) is 0 Å². The van der Waals surface area contributed by atoms with E-state index >= 15 is 0 Å². The van der Waals surface area contributed by atoms with Crippen LogP contribution >= 0.6 is 0 Å². The summed E-state index contributed by atoms with van der Waals surface area (Å²) in [6.07, 6.45) is 0.349. The Morgan fingerprint density at radius 2 is 1.77 bits per heavy atom. The van der Waals surface area contributed by atoms with Crippen LogP contribution < -0.4 is 14.2 Å². The van der Waals surface area contributed by atoms with E-state index in [-0.39, 0.29) is 27.7 Å². The van der Waals surface area contributed by atoms with E-state index in [4.69, 9.17) is 14.2 Å². The molecule has 0 aliphatic carbocycles. The number of sulfone groups is 1. The molecule has 2 aliphatic rings. The molecular weight excluding hydrogens is 500 g/mol. The van der Waals surface area contributed by atoms with Crippen LogP contribution in [0.4, 0.5) is 5.69 Å². The molecule has 1 unspecified atom stereocenters. The molecule has 1 atom stereocenters. The minimum Gasteiger partial charge on any atom is -0.486 e. The number of benzene rings is 2. The van der Waals surface area contributed by atoms with Crippen LogP contribution in [0, 0.1) is 0 Å². The van der Waals surface area contributed by atoms with E-state index in [0.717, 1.165) is 0 Å². The molecule has 0 spiro atoms. The quantitative estimate of drug-likeness (QED) is 0.526. The van der Waals surface area contributed by atoms with Gasteiger partial charge in [-0.2, -0.15) is 0 Å². The molecule has 2 aliphatic heterocycles. The molecule has 1 fully saturated rings. The van der Waals surface area contributed by atoms with Crippen LogP contribution in [0.15, 0.2) is 47.4 Å². The molecule has 1 amide bonds. The lowest BCUT2D eigenvalue weighted by atomic mass is 10.2. The molecule has 1 N–H and O–H groups in total. The van der Waals surface area contributed by atoms with E-state index < -0.39 is 44.4 Å². The highest BCUT2D eigenvalue weighted by Crippen LogP contribution is 2.32. The predicted molar refractivity (Wildman–Crippen MR) is 125 cm³/mol. The predicted octanol–water partition coefficient (Wildman–Crippen LogP) is 1.06. The van der Waals surface area contributed by atoms with Crippen LogP contribution in [-0.2, 0) is 29.4 Å². The van der Waals surface area contributed by atoms with Gasteiger partial charge < -0.3 is 19.1 Å². The van der Waals surface area contributed by atoms with Gasteiger partial charge >= 0.3 is 5.97 Å². The summed E-state index contributed by atoms with van der Waals surface area (Å²) in [7, 11) is -5.60. The van der Waals surface area contributed by atoms with E-state index in [2.05, 4.69) is 4.72 Å².